The van der Waals surface area contributed by atoms with Gasteiger partial charge in [0.25, 0.3) is 0 Å². The highest BCUT2D eigenvalue weighted by atomic mass is 16.5. The van der Waals surface area contributed by atoms with Gasteiger partial charge in [-0.1, -0.05) is 12.1 Å². The molecule has 1 saturated heterocycles. The molecule has 108 valence electrons. The maximum Gasteiger partial charge on any atom is 0.335 e. The second kappa shape index (κ2) is 7.05. The van der Waals surface area contributed by atoms with E-state index in [2.05, 4.69) is 5.32 Å². The Morgan fingerprint density at radius 2 is 2.25 bits per heavy atom. The van der Waals surface area contributed by atoms with Crippen LogP contribution in [0.5, 0.6) is 0 Å². The number of amides is 1. The molecule has 1 aliphatic heterocycles. The average Bonchev–Trinajstić information content (AvgIpc) is 2.92. The molecule has 1 amide bonds. The molecule has 0 radical (unpaired) electrons. The Hall–Kier alpha value is -1.88. The Morgan fingerprint density at radius 1 is 1.40 bits per heavy atom. The van der Waals surface area contributed by atoms with Crippen LogP contribution in [0.15, 0.2) is 24.3 Å². The van der Waals surface area contributed by atoms with Gasteiger partial charge in [-0.15, -0.1) is 0 Å². The smallest absolute Gasteiger partial charge is 0.335 e. The van der Waals surface area contributed by atoms with Crippen LogP contribution >= 0.6 is 0 Å². The third-order valence-electron chi connectivity index (χ3n) is 3.35. The third kappa shape index (κ3) is 4.35. The Labute approximate surface area is 117 Å². The van der Waals surface area contributed by atoms with E-state index in [0.29, 0.717) is 19.4 Å². The second-order valence-corrected chi connectivity index (χ2v) is 4.94. The van der Waals surface area contributed by atoms with Crippen molar-refractivity contribution in [2.24, 2.45) is 0 Å². The van der Waals surface area contributed by atoms with Gasteiger partial charge < -0.3 is 15.2 Å². The van der Waals surface area contributed by atoms with E-state index in [1.807, 2.05) is 6.07 Å². The maximum absolute atomic E-state index is 11.7. The number of carboxylic acid groups (broad SMARTS) is 1. The molecule has 0 spiro atoms. The fraction of sp³-hybridized carbons (Fsp3) is 0.467. The van der Waals surface area contributed by atoms with Gasteiger partial charge in [-0.3, -0.25) is 4.79 Å². The summed E-state index contributed by atoms with van der Waals surface area (Å²) in [5, 5.41) is 11.7. The average molecular weight is 277 g/mol. The van der Waals surface area contributed by atoms with Gasteiger partial charge in [-0.2, -0.15) is 0 Å². The van der Waals surface area contributed by atoms with Crippen molar-refractivity contribution in [3.8, 4) is 0 Å². The largest absolute Gasteiger partial charge is 0.478 e. The molecule has 2 N–H and O–H groups in total. The minimum atomic E-state index is -0.936. The van der Waals surface area contributed by atoms with E-state index in [4.69, 9.17) is 9.84 Å². The summed E-state index contributed by atoms with van der Waals surface area (Å²) in [6.45, 7) is 1.26. The van der Waals surface area contributed by atoms with Crippen molar-refractivity contribution in [1.29, 1.82) is 0 Å². The number of carbonyl (C=O) groups is 2. The van der Waals surface area contributed by atoms with Gasteiger partial charge >= 0.3 is 5.97 Å². The highest BCUT2D eigenvalue weighted by molar-refractivity contribution is 5.87. The lowest BCUT2D eigenvalue weighted by atomic mass is 10.1. The summed E-state index contributed by atoms with van der Waals surface area (Å²) in [6.07, 6.45) is 3.08. The van der Waals surface area contributed by atoms with E-state index in [1.165, 1.54) is 0 Å². The first-order chi connectivity index (χ1) is 9.65. The lowest BCUT2D eigenvalue weighted by Crippen LogP contribution is -2.29. The van der Waals surface area contributed by atoms with Crippen LogP contribution in [0.2, 0.25) is 0 Å². The van der Waals surface area contributed by atoms with Gasteiger partial charge in [0.15, 0.2) is 0 Å². The van der Waals surface area contributed by atoms with Crippen LogP contribution in [0.25, 0.3) is 0 Å². The van der Waals surface area contributed by atoms with Gasteiger partial charge in [-0.05, 0) is 37.0 Å². The fourth-order valence-electron chi connectivity index (χ4n) is 2.29. The summed E-state index contributed by atoms with van der Waals surface area (Å²) >= 11 is 0. The third-order valence-corrected chi connectivity index (χ3v) is 3.35. The number of nitrogens with one attached hydrogen (secondary N) is 1. The van der Waals surface area contributed by atoms with Gasteiger partial charge in [-0.25, -0.2) is 4.79 Å². The summed E-state index contributed by atoms with van der Waals surface area (Å²) < 4.78 is 5.40. The first-order valence-electron chi connectivity index (χ1n) is 6.85. The molecule has 1 aromatic rings. The standard InChI is InChI=1S/C15H19NO4/c17-14(10-13-5-2-8-20-13)16-7-6-11-3-1-4-12(9-11)15(18)19/h1,3-4,9,13H,2,5-8,10H2,(H,16,17)(H,18,19). The number of hydrogen-bond acceptors (Lipinski definition) is 3. The van der Waals surface area contributed by atoms with Crippen molar-refractivity contribution in [3.05, 3.63) is 35.4 Å². The number of carbonyl (C=O) groups excluding carboxylic acids is 1. The molecular formula is C15H19NO4. The topological polar surface area (TPSA) is 75.6 Å². The quantitative estimate of drug-likeness (QED) is 0.828. The number of carboxylic acids is 1. The molecule has 1 heterocycles. The molecule has 2 rings (SSSR count). The number of aromatic carboxylic acids is 1. The summed E-state index contributed by atoms with van der Waals surface area (Å²) in [5.41, 5.74) is 1.18. The normalized spacial score (nSPS) is 17.9. The highest BCUT2D eigenvalue weighted by Gasteiger charge is 2.18. The zero-order chi connectivity index (χ0) is 14.4. The fourth-order valence-corrected chi connectivity index (χ4v) is 2.29. The minimum absolute atomic E-state index is 0.00807. The SMILES string of the molecule is O=C(CC1CCCO1)NCCc1cccc(C(=O)O)c1. The highest BCUT2D eigenvalue weighted by Crippen LogP contribution is 2.14. The molecule has 1 unspecified atom stereocenters. The molecular weight excluding hydrogens is 258 g/mol. The minimum Gasteiger partial charge on any atom is -0.478 e. The van der Waals surface area contributed by atoms with Crippen LogP contribution in [0.3, 0.4) is 0 Å². The van der Waals surface area contributed by atoms with Gasteiger partial charge in [0.2, 0.25) is 5.91 Å². The molecule has 1 atom stereocenters. The Bertz CT molecular complexity index is 481. The molecule has 5 nitrogen and oxygen atoms in total. The van der Waals surface area contributed by atoms with Crippen LogP contribution in [-0.2, 0) is 16.0 Å². The summed E-state index contributed by atoms with van der Waals surface area (Å²) in [6, 6.07) is 6.77. The molecule has 1 fully saturated rings. The number of benzene rings is 1. The van der Waals surface area contributed by atoms with E-state index in [0.717, 1.165) is 25.0 Å². The van der Waals surface area contributed by atoms with Crippen molar-refractivity contribution in [3.63, 3.8) is 0 Å². The van der Waals surface area contributed by atoms with E-state index >= 15 is 0 Å². The predicted molar refractivity (Wildman–Crippen MR) is 73.7 cm³/mol. The van der Waals surface area contributed by atoms with E-state index in [1.54, 1.807) is 18.2 Å². The van der Waals surface area contributed by atoms with Crippen molar-refractivity contribution in [2.45, 2.75) is 31.8 Å². The Balaban J connectivity index is 1.73. The van der Waals surface area contributed by atoms with E-state index in [-0.39, 0.29) is 17.6 Å². The van der Waals surface area contributed by atoms with Gasteiger partial charge in [0.1, 0.15) is 0 Å². The monoisotopic (exact) mass is 277 g/mol. The summed E-state index contributed by atoms with van der Waals surface area (Å²) in [4.78, 5) is 22.5. The van der Waals surface area contributed by atoms with Crippen LogP contribution in [0.4, 0.5) is 0 Å². The molecule has 0 aromatic heterocycles. The Kier molecular flexibility index (Phi) is 5.12. The van der Waals surface area contributed by atoms with Crippen LogP contribution in [-0.4, -0.2) is 36.2 Å². The zero-order valence-corrected chi connectivity index (χ0v) is 11.3. The van der Waals surface area contributed by atoms with Crippen molar-refractivity contribution >= 4 is 11.9 Å². The lowest BCUT2D eigenvalue weighted by Gasteiger charge is -2.10. The lowest BCUT2D eigenvalue weighted by molar-refractivity contribution is -0.123. The molecule has 0 bridgehead atoms. The molecule has 5 heteroatoms. The molecule has 0 aliphatic carbocycles. The van der Waals surface area contributed by atoms with Crippen molar-refractivity contribution in [1.82, 2.24) is 5.32 Å². The summed E-state index contributed by atoms with van der Waals surface area (Å²) in [7, 11) is 0. The van der Waals surface area contributed by atoms with E-state index < -0.39 is 5.97 Å². The number of hydrogen-bond donors (Lipinski definition) is 2. The van der Waals surface area contributed by atoms with Crippen LogP contribution < -0.4 is 5.32 Å². The maximum atomic E-state index is 11.7. The van der Waals surface area contributed by atoms with Crippen LogP contribution in [0.1, 0.15) is 35.2 Å². The molecule has 0 saturated carbocycles. The Morgan fingerprint density at radius 3 is 2.95 bits per heavy atom. The summed E-state index contributed by atoms with van der Waals surface area (Å²) in [5.74, 6) is -0.944. The number of ether oxygens (including phenoxy) is 1. The second-order valence-electron chi connectivity index (χ2n) is 4.94. The molecule has 1 aromatic carbocycles. The van der Waals surface area contributed by atoms with Gasteiger partial charge in [0.05, 0.1) is 18.1 Å². The molecule has 1 aliphatic rings. The predicted octanol–water partition coefficient (Wildman–Crippen LogP) is 1.61. The number of rotatable bonds is 6. The first kappa shape index (κ1) is 14.5. The first-order valence-corrected chi connectivity index (χ1v) is 6.85. The van der Waals surface area contributed by atoms with Crippen molar-refractivity contribution in [2.75, 3.05) is 13.2 Å². The van der Waals surface area contributed by atoms with Crippen LogP contribution in [0, 0.1) is 0 Å². The zero-order valence-electron chi connectivity index (χ0n) is 11.3. The van der Waals surface area contributed by atoms with Gasteiger partial charge in [0, 0.05) is 13.2 Å². The van der Waals surface area contributed by atoms with Crippen molar-refractivity contribution < 1.29 is 19.4 Å². The molecule has 20 heavy (non-hydrogen) atoms. The van der Waals surface area contributed by atoms with E-state index in [9.17, 15) is 9.59 Å².